The number of halogens is 3. The molecule has 1 N–H and O–H groups in total. The number of alkyl halides is 3. The molecule has 0 aliphatic carbocycles. The van der Waals surface area contributed by atoms with Gasteiger partial charge in [-0.25, -0.2) is 0 Å². The third-order valence-corrected chi connectivity index (χ3v) is 3.65. The van der Waals surface area contributed by atoms with Crippen LogP contribution in [0.25, 0.3) is 0 Å². The molecule has 0 radical (unpaired) electrons. The van der Waals surface area contributed by atoms with Gasteiger partial charge in [-0.1, -0.05) is 0 Å². The summed E-state index contributed by atoms with van der Waals surface area (Å²) in [4.78, 5) is 1.95. The van der Waals surface area contributed by atoms with Crippen molar-refractivity contribution in [3.63, 3.8) is 0 Å². The van der Waals surface area contributed by atoms with E-state index in [1.165, 1.54) is 0 Å². The van der Waals surface area contributed by atoms with Gasteiger partial charge >= 0.3 is 12.1 Å². The third kappa shape index (κ3) is 3.69. The van der Waals surface area contributed by atoms with Crippen LogP contribution in [0.2, 0.25) is 0 Å². The average molecular weight is 293 g/mol. The number of hydrogen-bond acceptors (Lipinski definition) is 5. The first-order valence-corrected chi connectivity index (χ1v) is 6.50. The van der Waals surface area contributed by atoms with Crippen molar-refractivity contribution in [2.45, 2.75) is 45.0 Å². The summed E-state index contributed by atoms with van der Waals surface area (Å²) in [5.74, 6) is -1.13. The van der Waals surface area contributed by atoms with Gasteiger partial charge < -0.3 is 9.52 Å². The van der Waals surface area contributed by atoms with E-state index in [2.05, 4.69) is 14.6 Å². The van der Waals surface area contributed by atoms with Crippen LogP contribution in [0.1, 0.15) is 38.5 Å². The number of rotatable bonds is 3. The van der Waals surface area contributed by atoms with Crippen molar-refractivity contribution in [3.05, 3.63) is 11.8 Å². The second-order valence-corrected chi connectivity index (χ2v) is 5.70. The largest absolute Gasteiger partial charge is 0.470 e. The Bertz CT molecular complexity index is 446. The molecule has 0 atom stereocenters. The molecular weight excluding hydrogens is 275 g/mol. The van der Waals surface area contributed by atoms with E-state index >= 15 is 0 Å². The summed E-state index contributed by atoms with van der Waals surface area (Å²) in [6, 6.07) is 0. The maximum atomic E-state index is 12.3. The molecule has 8 heteroatoms. The van der Waals surface area contributed by atoms with Crippen molar-refractivity contribution in [2.24, 2.45) is 5.92 Å². The number of hydrogen-bond donors (Lipinski definition) is 1. The van der Waals surface area contributed by atoms with Crippen molar-refractivity contribution < 1.29 is 22.7 Å². The second kappa shape index (κ2) is 5.33. The molecule has 1 aliphatic rings. The van der Waals surface area contributed by atoms with Crippen molar-refractivity contribution >= 4 is 0 Å². The molecule has 1 aromatic heterocycles. The number of aromatic nitrogens is 2. The van der Waals surface area contributed by atoms with Gasteiger partial charge in [0, 0.05) is 0 Å². The van der Waals surface area contributed by atoms with E-state index in [-0.39, 0.29) is 18.4 Å². The van der Waals surface area contributed by atoms with Gasteiger partial charge in [-0.3, -0.25) is 4.90 Å². The van der Waals surface area contributed by atoms with Crippen LogP contribution in [0.5, 0.6) is 0 Å². The van der Waals surface area contributed by atoms with Gasteiger partial charge in [0.25, 0.3) is 0 Å². The predicted octanol–water partition coefficient (Wildman–Crippen LogP) is 2.07. The van der Waals surface area contributed by atoms with Crippen molar-refractivity contribution in [1.29, 1.82) is 0 Å². The van der Waals surface area contributed by atoms with E-state index < -0.39 is 17.7 Å². The average Bonchev–Trinajstić information content (AvgIpc) is 2.77. The Morgan fingerprint density at radius 3 is 2.30 bits per heavy atom. The molecule has 5 nitrogen and oxygen atoms in total. The standard InChI is InChI=1S/C12H18F3N3O2/c1-11(2,19)8-3-5-18(6-4-8)7-9-16-17-10(20-9)12(13,14)15/h8,19H,3-7H2,1-2H3. The molecule has 20 heavy (non-hydrogen) atoms. The highest BCUT2D eigenvalue weighted by atomic mass is 19.4. The number of piperidine rings is 1. The van der Waals surface area contributed by atoms with Gasteiger partial charge in [0.2, 0.25) is 5.89 Å². The van der Waals surface area contributed by atoms with Gasteiger partial charge in [0.1, 0.15) is 0 Å². The van der Waals surface area contributed by atoms with Crippen molar-refractivity contribution in [3.8, 4) is 0 Å². The molecule has 0 unspecified atom stereocenters. The highest BCUT2D eigenvalue weighted by molar-refractivity contribution is 4.88. The minimum absolute atomic E-state index is 0.0287. The Balaban J connectivity index is 1.88. The maximum Gasteiger partial charge on any atom is 0.470 e. The first kappa shape index (κ1) is 15.2. The molecule has 1 aromatic rings. The molecule has 0 aromatic carbocycles. The van der Waals surface area contributed by atoms with E-state index in [4.69, 9.17) is 0 Å². The third-order valence-electron chi connectivity index (χ3n) is 3.65. The molecule has 0 bridgehead atoms. The van der Waals surface area contributed by atoms with Gasteiger partial charge in [-0.05, 0) is 45.7 Å². The summed E-state index contributed by atoms with van der Waals surface area (Å²) >= 11 is 0. The van der Waals surface area contributed by atoms with Crippen LogP contribution in [0.4, 0.5) is 13.2 Å². The van der Waals surface area contributed by atoms with Crippen LogP contribution in [0.15, 0.2) is 4.42 Å². The topological polar surface area (TPSA) is 62.4 Å². The minimum atomic E-state index is -4.60. The molecule has 1 saturated heterocycles. The quantitative estimate of drug-likeness (QED) is 0.924. The summed E-state index contributed by atoms with van der Waals surface area (Å²) in [7, 11) is 0. The van der Waals surface area contributed by atoms with Crippen molar-refractivity contribution in [1.82, 2.24) is 15.1 Å². The highest BCUT2D eigenvalue weighted by Gasteiger charge is 2.38. The molecule has 0 saturated carbocycles. The zero-order chi connectivity index (χ0) is 15.0. The Morgan fingerprint density at radius 1 is 1.25 bits per heavy atom. The van der Waals surface area contributed by atoms with Crippen LogP contribution in [0.3, 0.4) is 0 Å². The highest BCUT2D eigenvalue weighted by Crippen LogP contribution is 2.30. The second-order valence-electron chi connectivity index (χ2n) is 5.70. The zero-order valence-corrected chi connectivity index (χ0v) is 11.4. The predicted molar refractivity (Wildman–Crippen MR) is 63.6 cm³/mol. The van der Waals surface area contributed by atoms with Crippen LogP contribution in [-0.4, -0.2) is 38.9 Å². The lowest BCUT2D eigenvalue weighted by Gasteiger charge is -2.37. The lowest BCUT2D eigenvalue weighted by Crippen LogP contribution is -2.41. The van der Waals surface area contributed by atoms with E-state index in [0.717, 1.165) is 12.8 Å². The van der Waals surface area contributed by atoms with E-state index in [0.29, 0.717) is 13.1 Å². The fraction of sp³-hybridized carbons (Fsp3) is 0.833. The Kier molecular flexibility index (Phi) is 4.06. The van der Waals surface area contributed by atoms with Crippen molar-refractivity contribution in [2.75, 3.05) is 13.1 Å². The lowest BCUT2D eigenvalue weighted by atomic mass is 9.83. The zero-order valence-electron chi connectivity index (χ0n) is 11.4. The molecule has 0 spiro atoms. The smallest absolute Gasteiger partial charge is 0.416 e. The van der Waals surface area contributed by atoms with Crippen LogP contribution >= 0.6 is 0 Å². The Morgan fingerprint density at radius 2 is 1.85 bits per heavy atom. The number of aliphatic hydroxyl groups is 1. The van der Waals surface area contributed by atoms with Crippen LogP contribution in [-0.2, 0) is 12.7 Å². The van der Waals surface area contributed by atoms with Gasteiger partial charge in [-0.15, -0.1) is 10.2 Å². The molecular formula is C12H18F3N3O2. The molecule has 114 valence electrons. The summed E-state index contributed by atoms with van der Waals surface area (Å²) in [6.45, 7) is 5.15. The number of likely N-dealkylation sites (tertiary alicyclic amines) is 1. The first-order valence-electron chi connectivity index (χ1n) is 6.50. The summed E-state index contributed by atoms with van der Waals surface area (Å²) in [5, 5.41) is 16.3. The molecule has 0 amide bonds. The van der Waals surface area contributed by atoms with E-state index in [9.17, 15) is 18.3 Å². The maximum absolute atomic E-state index is 12.3. The van der Waals surface area contributed by atoms with Crippen LogP contribution in [0, 0.1) is 5.92 Å². The Labute approximate surface area is 114 Å². The fourth-order valence-corrected chi connectivity index (χ4v) is 2.42. The SMILES string of the molecule is CC(C)(O)C1CCN(Cc2nnc(C(F)(F)F)o2)CC1. The molecule has 1 aliphatic heterocycles. The summed E-state index contributed by atoms with van der Waals surface area (Å²) in [6.07, 6.45) is -3.01. The Hall–Kier alpha value is -1.15. The van der Waals surface area contributed by atoms with Crippen LogP contribution < -0.4 is 0 Å². The lowest BCUT2D eigenvalue weighted by molar-refractivity contribution is -0.157. The van der Waals surface area contributed by atoms with Gasteiger partial charge in [-0.2, -0.15) is 13.2 Å². The molecule has 2 heterocycles. The molecule has 2 rings (SSSR count). The van der Waals surface area contributed by atoms with Gasteiger partial charge in [0.05, 0.1) is 12.1 Å². The monoisotopic (exact) mass is 293 g/mol. The summed E-state index contributed by atoms with van der Waals surface area (Å²) in [5.41, 5.74) is -0.722. The fourth-order valence-electron chi connectivity index (χ4n) is 2.42. The first-order chi connectivity index (χ1) is 9.16. The summed E-state index contributed by atoms with van der Waals surface area (Å²) < 4.78 is 41.6. The number of nitrogens with zero attached hydrogens (tertiary/aromatic N) is 3. The van der Waals surface area contributed by atoms with E-state index in [1.54, 1.807) is 13.8 Å². The molecule has 1 fully saturated rings. The normalized spacial score (nSPS) is 19.5. The van der Waals surface area contributed by atoms with E-state index in [1.807, 2.05) is 4.90 Å². The minimum Gasteiger partial charge on any atom is -0.416 e. The van der Waals surface area contributed by atoms with Gasteiger partial charge in [0.15, 0.2) is 0 Å².